The third-order valence-corrected chi connectivity index (χ3v) is 3.77. The maximum Gasteiger partial charge on any atom is 0.137 e. The maximum absolute atomic E-state index is 11.8. The fourth-order valence-corrected chi connectivity index (χ4v) is 2.52. The standard InChI is InChI=1S/C12H21NO/c1-9-5-6-13-11(7-9)8-12(14)10-3-2-4-10/h9-11,13H,2-8H2,1H3. The predicted octanol–water partition coefficient (Wildman–Crippen LogP) is 2.13. The van der Waals surface area contributed by atoms with E-state index in [0.29, 0.717) is 17.7 Å². The zero-order valence-electron chi connectivity index (χ0n) is 9.09. The van der Waals surface area contributed by atoms with Crippen molar-refractivity contribution < 1.29 is 4.79 Å². The van der Waals surface area contributed by atoms with Crippen LogP contribution in [-0.2, 0) is 4.79 Å². The van der Waals surface area contributed by atoms with Crippen molar-refractivity contribution in [3.63, 3.8) is 0 Å². The fraction of sp³-hybridized carbons (Fsp3) is 0.917. The molecule has 2 fully saturated rings. The van der Waals surface area contributed by atoms with Gasteiger partial charge in [-0.15, -0.1) is 0 Å². The minimum atomic E-state index is 0.425. The van der Waals surface area contributed by atoms with Crippen LogP contribution in [0.25, 0.3) is 0 Å². The second-order valence-corrected chi connectivity index (χ2v) is 5.08. The van der Waals surface area contributed by atoms with E-state index in [1.807, 2.05) is 0 Å². The number of carbonyl (C=O) groups excluding carboxylic acids is 1. The molecule has 14 heavy (non-hydrogen) atoms. The molecule has 2 heteroatoms. The number of nitrogens with one attached hydrogen (secondary N) is 1. The third kappa shape index (κ3) is 2.35. The molecule has 0 bridgehead atoms. The summed E-state index contributed by atoms with van der Waals surface area (Å²) in [7, 11) is 0. The normalized spacial score (nSPS) is 33.8. The van der Waals surface area contributed by atoms with E-state index < -0.39 is 0 Å². The molecule has 0 aromatic rings. The van der Waals surface area contributed by atoms with Gasteiger partial charge in [-0.25, -0.2) is 0 Å². The number of carbonyl (C=O) groups is 1. The van der Waals surface area contributed by atoms with Crippen LogP contribution in [0.2, 0.25) is 0 Å². The maximum atomic E-state index is 11.8. The molecular formula is C12H21NO. The molecule has 0 aromatic heterocycles. The van der Waals surface area contributed by atoms with Crippen LogP contribution in [0.3, 0.4) is 0 Å². The largest absolute Gasteiger partial charge is 0.314 e. The Balaban J connectivity index is 1.75. The van der Waals surface area contributed by atoms with Crippen molar-refractivity contribution in [2.75, 3.05) is 6.54 Å². The number of hydrogen-bond acceptors (Lipinski definition) is 2. The molecule has 80 valence electrons. The van der Waals surface area contributed by atoms with Gasteiger partial charge in [-0.2, -0.15) is 0 Å². The Bertz CT molecular complexity index is 210. The van der Waals surface area contributed by atoms with Gasteiger partial charge in [-0.3, -0.25) is 4.79 Å². The highest BCUT2D eigenvalue weighted by molar-refractivity contribution is 5.82. The minimum Gasteiger partial charge on any atom is -0.314 e. The Morgan fingerprint density at radius 3 is 2.71 bits per heavy atom. The first-order chi connectivity index (χ1) is 6.75. The van der Waals surface area contributed by atoms with Gasteiger partial charge in [0.25, 0.3) is 0 Å². The first-order valence-corrected chi connectivity index (χ1v) is 6.02. The summed E-state index contributed by atoms with van der Waals surface area (Å²) in [5, 5.41) is 3.46. The van der Waals surface area contributed by atoms with Gasteiger partial charge in [0.1, 0.15) is 5.78 Å². The Labute approximate surface area is 86.5 Å². The molecule has 1 saturated heterocycles. The lowest BCUT2D eigenvalue weighted by Crippen LogP contribution is -2.40. The number of hydrogen-bond donors (Lipinski definition) is 1. The van der Waals surface area contributed by atoms with Crippen LogP contribution in [0, 0.1) is 11.8 Å². The molecule has 2 atom stereocenters. The summed E-state index contributed by atoms with van der Waals surface area (Å²) in [4.78, 5) is 11.8. The van der Waals surface area contributed by atoms with Crippen molar-refractivity contribution >= 4 is 5.78 Å². The van der Waals surface area contributed by atoms with Crippen LogP contribution in [-0.4, -0.2) is 18.4 Å². The van der Waals surface area contributed by atoms with Crippen molar-refractivity contribution in [2.24, 2.45) is 11.8 Å². The van der Waals surface area contributed by atoms with E-state index >= 15 is 0 Å². The van der Waals surface area contributed by atoms with Crippen molar-refractivity contribution in [1.82, 2.24) is 5.32 Å². The zero-order chi connectivity index (χ0) is 9.97. The summed E-state index contributed by atoms with van der Waals surface area (Å²) in [6, 6.07) is 0.479. The van der Waals surface area contributed by atoms with Gasteiger partial charge < -0.3 is 5.32 Å². The lowest BCUT2D eigenvalue weighted by molar-refractivity contribution is -0.125. The van der Waals surface area contributed by atoms with Crippen molar-refractivity contribution in [2.45, 2.75) is 51.5 Å². The average Bonchev–Trinajstić information content (AvgIpc) is 1.99. The molecule has 2 rings (SSSR count). The Hall–Kier alpha value is -0.370. The SMILES string of the molecule is CC1CCNC(CC(=O)C2CCC2)C1. The second kappa shape index (κ2) is 4.43. The number of Topliss-reactive ketones (excluding diaryl/α,β-unsaturated/α-hetero) is 1. The van der Waals surface area contributed by atoms with Crippen molar-refractivity contribution in [1.29, 1.82) is 0 Å². The van der Waals surface area contributed by atoms with Crippen molar-refractivity contribution in [3.05, 3.63) is 0 Å². The molecule has 0 radical (unpaired) electrons. The molecular weight excluding hydrogens is 174 g/mol. The minimum absolute atomic E-state index is 0.425. The van der Waals surface area contributed by atoms with E-state index in [9.17, 15) is 4.79 Å². The Kier molecular flexibility index (Phi) is 3.22. The van der Waals surface area contributed by atoms with Gasteiger partial charge in [-0.1, -0.05) is 13.3 Å². The van der Waals surface area contributed by atoms with Gasteiger partial charge in [0.05, 0.1) is 0 Å². The lowest BCUT2D eigenvalue weighted by Gasteiger charge is -2.30. The van der Waals surface area contributed by atoms with E-state index in [1.165, 1.54) is 19.3 Å². The average molecular weight is 195 g/mol. The van der Waals surface area contributed by atoms with E-state index in [-0.39, 0.29) is 0 Å². The number of ketones is 1. The monoisotopic (exact) mass is 195 g/mol. The molecule has 2 nitrogen and oxygen atoms in total. The number of piperidine rings is 1. The first-order valence-electron chi connectivity index (χ1n) is 6.02. The second-order valence-electron chi connectivity index (χ2n) is 5.08. The van der Waals surface area contributed by atoms with Crippen LogP contribution >= 0.6 is 0 Å². The fourth-order valence-electron chi connectivity index (χ4n) is 2.52. The predicted molar refractivity (Wildman–Crippen MR) is 57.2 cm³/mol. The van der Waals surface area contributed by atoms with E-state index in [4.69, 9.17) is 0 Å². The summed E-state index contributed by atoms with van der Waals surface area (Å²) in [6.45, 7) is 3.39. The molecule has 1 N–H and O–H groups in total. The van der Waals surface area contributed by atoms with E-state index in [0.717, 1.165) is 31.7 Å². The molecule has 0 aromatic carbocycles. The van der Waals surface area contributed by atoms with E-state index in [1.54, 1.807) is 0 Å². The van der Waals surface area contributed by atoms with Gasteiger partial charge in [0.15, 0.2) is 0 Å². The number of rotatable bonds is 3. The lowest BCUT2D eigenvalue weighted by atomic mass is 9.79. The summed E-state index contributed by atoms with van der Waals surface area (Å²) in [5.74, 6) is 1.74. The zero-order valence-corrected chi connectivity index (χ0v) is 9.09. The molecule has 0 amide bonds. The summed E-state index contributed by atoms with van der Waals surface area (Å²) in [5.41, 5.74) is 0. The molecule has 1 aliphatic heterocycles. The highest BCUT2D eigenvalue weighted by Crippen LogP contribution is 2.29. The molecule has 2 unspecified atom stereocenters. The highest BCUT2D eigenvalue weighted by atomic mass is 16.1. The summed E-state index contributed by atoms with van der Waals surface area (Å²) < 4.78 is 0. The highest BCUT2D eigenvalue weighted by Gasteiger charge is 2.28. The Morgan fingerprint density at radius 2 is 2.14 bits per heavy atom. The van der Waals surface area contributed by atoms with E-state index in [2.05, 4.69) is 12.2 Å². The van der Waals surface area contributed by atoms with Gasteiger partial charge in [-0.05, 0) is 38.1 Å². The van der Waals surface area contributed by atoms with Crippen LogP contribution in [0.5, 0.6) is 0 Å². The van der Waals surface area contributed by atoms with Crippen LogP contribution in [0.1, 0.15) is 45.4 Å². The third-order valence-electron chi connectivity index (χ3n) is 3.77. The topological polar surface area (TPSA) is 29.1 Å². The smallest absolute Gasteiger partial charge is 0.137 e. The van der Waals surface area contributed by atoms with Crippen LogP contribution < -0.4 is 5.32 Å². The molecule has 1 heterocycles. The Morgan fingerprint density at radius 1 is 1.36 bits per heavy atom. The molecule has 2 aliphatic rings. The van der Waals surface area contributed by atoms with Crippen LogP contribution in [0.15, 0.2) is 0 Å². The molecule has 1 aliphatic carbocycles. The quantitative estimate of drug-likeness (QED) is 0.747. The summed E-state index contributed by atoms with van der Waals surface area (Å²) in [6.07, 6.45) is 6.83. The van der Waals surface area contributed by atoms with Gasteiger partial charge in [0.2, 0.25) is 0 Å². The van der Waals surface area contributed by atoms with Gasteiger partial charge in [0, 0.05) is 18.4 Å². The summed E-state index contributed by atoms with van der Waals surface area (Å²) >= 11 is 0. The van der Waals surface area contributed by atoms with Gasteiger partial charge >= 0.3 is 0 Å². The molecule has 1 saturated carbocycles. The molecule has 0 spiro atoms. The van der Waals surface area contributed by atoms with Crippen LogP contribution in [0.4, 0.5) is 0 Å². The van der Waals surface area contributed by atoms with Crippen molar-refractivity contribution in [3.8, 4) is 0 Å². The first kappa shape index (κ1) is 10.2.